The van der Waals surface area contributed by atoms with E-state index >= 15 is 0 Å². The summed E-state index contributed by atoms with van der Waals surface area (Å²) < 4.78 is 12.7. The maximum Gasteiger partial charge on any atom is 0.442 e. The minimum atomic E-state index is -0.582. The predicted octanol–water partition coefficient (Wildman–Crippen LogP) is 3.36. The molecule has 2 heterocycles. The Kier molecular flexibility index (Phi) is 4.02. The first-order valence-electron chi connectivity index (χ1n) is 7.41. The summed E-state index contributed by atoms with van der Waals surface area (Å²) in [5, 5.41) is 11.9. The van der Waals surface area contributed by atoms with E-state index < -0.39 is 5.76 Å². The first kappa shape index (κ1) is 15.5. The number of halogens is 1. The zero-order chi connectivity index (χ0) is 17.2. The van der Waals surface area contributed by atoms with Gasteiger partial charge in [0.2, 0.25) is 11.8 Å². The largest absolute Gasteiger partial charge is 0.442 e. The van der Waals surface area contributed by atoms with Crippen LogP contribution in [0.15, 0.2) is 72.8 Å². The lowest BCUT2D eigenvalue weighted by molar-refractivity contribution is 0.374. The van der Waals surface area contributed by atoms with Crippen LogP contribution in [0.1, 0.15) is 5.89 Å². The third-order valence-corrected chi connectivity index (χ3v) is 4.04. The summed E-state index contributed by atoms with van der Waals surface area (Å²) in [6, 6.07) is 16.8. The molecule has 0 atom stereocenters. The molecule has 0 N–H and O–H groups in total. The molecule has 0 unspecified atom stereocenters. The van der Waals surface area contributed by atoms with Gasteiger partial charge in [-0.3, -0.25) is 4.52 Å². The number of nitrogens with zero attached hydrogens (tertiary/aromatic N) is 4. The molecule has 4 aromatic rings. The second-order valence-electron chi connectivity index (χ2n) is 5.24. The van der Waals surface area contributed by atoms with Crippen molar-refractivity contribution in [3.8, 4) is 22.8 Å². The molecular formula is C17H11BrN4O3. The van der Waals surface area contributed by atoms with Crippen LogP contribution in [0.2, 0.25) is 0 Å². The zero-order valence-electron chi connectivity index (χ0n) is 12.8. The van der Waals surface area contributed by atoms with E-state index in [4.69, 9.17) is 8.94 Å². The van der Waals surface area contributed by atoms with E-state index in [0.717, 1.165) is 15.6 Å². The molecule has 25 heavy (non-hydrogen) atoms. The topological polar surface area (TPSA) is 87.0 Å². The fourth-order valence-electron chi connectivity index (χ4n) is 2.39. The van der Waals surface area contributed by atoms with Crippen molar-refractivity contribution in [2.75, 3.05) is 0 Å². The van der Waals surface area contributed by atoms with E-state index in [-0.39, 0.29) is 12.4 Å². The average Bonchev–Trinajstić information content (AvgIpc) is 3.24. The van der Waals surface area contributed by atoms with Gasteiger partial charge in [0.1, 0.15) is 6.54 Å². The predicted molar refractivity (Wildman–Crippen MR) is 92.7 cm³/mol. The lowest BCUT2D eigenvalue weighted by atomic mass is 10.2. The molecule has 0 aliphatic rings. The second-order valence-corrected chi connectivity index (χ2v) is 6.15. The minimum Gasteiger partial charge on any atom is -0.419 e. The standard InChI is InChI=1S/C17H11BrN4O3/c18-13-8-4-7-12(9-13)16-20-19-14(24-16)10-22-15(21-25-17(22)23)11-5-2-1-3-6-11/h1-9H,10H2. The lowest BCUT2D eigenvalue weighted by Gasteiger charge is -2.01. The Morgan fingerprint density at radius 1 is 1.00 bits per heavy atom. The molecule has 4 rings (SSSR count). The van der Waals surface area contributed by atoms with Crippen molar-refractivity contribution in [1.29, 1.82) is 0 Å². The third-order valence-electron chi connectivity index (χ3n) is 3.55. The summed E-state index contributed by atoms with van der Waals surface area (Å²) in [6.07, 6.45) is 0. The van der Waals surface area contributed by atoms with E-state index in [1.165, 1.54) is 4.57 Å². The molecule has 2 aromatic carbocycles. The van der Waals surface area contributed by atoms with Crippen LogP contribution in [-0.2, 0) is 6.54 Å². The Balaban J connectivity index is 1.66. The second kappa shape index (κ2) is 6.48. The van der Waals surface area contributed by atoms with E-state index in [1.807, 2.05) is 54.6 Å². The molecule has 0 bridgehead atoms. The van der Waals surface area contributed by atoms with Crippen LogP contribution < -0.4 is 5.76 Å². The normalized spacial score (nSPS) is 10.9. The van der Waals surface area contributed by atoms with Crippen LogP contribution in [0.5, 0.6) is 0 Å². The smallest absolute Gasteiger partial charge is 0.419 e. The van der Waals surface area contributed by atoms with Gasteiger partial charge in [-0.15, -0.1) is 10.2 Å². The number of rotatable bonds is 4. The Labute approximate surface area is 150 Å². The summed E-state index contributed by atoms with van der Waals surface area (Å²) in [7, 11) is 0. The van der Waals surface area contributed by atoms with E-state index in [0.29, 0.717) is 11.7 Å². The molecule has 7 nitrogen and oxygen atoms in total. The van der Waals surface area contributed by atoms with Crippen LogP contribution in [-0.4, -0.2) is 19.9 Å². The van der Waals surface area contributed by atoms with Crippen molar-refractivity contribution < 1.29 is 8.94 Å². The van der Waals surface area contributed by atoms with Gasteiger partial charge in [0, 0.05) is 15.6 Å². The summed E-state index contributed by atoms with van der Waals surface area (Å²) in [6.45, 7) is 0.0769. The number of hydrogen-bond donors (Lipinski definition) is 0. The van der Waals surface area contributed by atoms with Crippen molar-refractivity contribution in [2.45, 2.75) is 6.54 Å². The van der Waals surface area contributed by atoms with Crippen molar-refractivity contribution in [2.24, 2.45) is 0 Å². The van der Waals surface area contributed by atoms with Crippen LogP contribution in [0.4, 0.5) is 0 Å². The maximum absolute atomic E-state index is 12.0. The molecule has 2 aromatic heterocycles. The van der Waals surface area contributed by atoms with Gasteiger partial charge in [-0.25, -0.2) is 9.36 Å². The molecule has 8 heteroatoms. The van der Waals surface area contributed by atoms with Gasteiger partial charge >= 0.3 is 5.76 Å². The lowest BCUT2D eigenvalue weighted by Crippen LogP contribution is -2.16. The van der Waals surface area contributed by atoms with Gasteiger partial charge in [-0.2, -0.15) is 0 Å². The van der Waals surface area contributed by atoms with Crippen molar-refractivity contribution in [1.82, 2.24) is 19.9 Å². The fraction of sp³-hybridized carbons (Fsp3) is 0.0588. The summed E-state index contributed by atoms with van der Waals surface area (Å²) in [5.41, 5.74) is 1.55. The van der Waals surface area contributed by atoms with E-state index in [9.17, 15) is 4.79 Å². The van der Waals surface area contributed by atoms with Crippen LogP contribution >= 0.6 is 15.9 Å². The van der Waals surface area contributed by atoms with Gasteiger partial charge in [0.15, 0.2) is 5.82 Å². The number of benzene rings is 2. The highest BCUT2D eigenvalue weighted by atomic mass is 79.9. The molecule has 0 radical (unpaired) electrons. The fourth-order valence-corrected chi connectivity index (χ4v) is 2.79. The highest BCUT2D eigenvalue weighted by molar-refractivity contribution is 9.10. The van der Waals surface area contributed by atoms with Gasteiger partial charge < -0.3 is 4.42 Å². The van der Waals surface area contributed by atoms with Crippen LogP contribution in [0.3, 0.4) is 0 Å². The zero-order valence-corrected chi connectivity index (χ0v) is 14.4. The average molecular weight is 399 g/mol. The van der Waals surface area contributed by atoms with E-state index in [2.05, 4.69) is 31.3 Å². The SMILES string of the molecule is O=c1onc(-c2ccccc2)n1Cc1nnc(-c2cccc(Br)c2)o1. The summed E-state index contributed by atoms with van der Waals surface area (Å²) in [4.78, 5) is 12.0. The Morgan fingerprint density at radius 2 is 1.80 bits per heavy atom. The molecule has 0 saturated carbocycles. The Morgan fingerprint density at radius 3 is 2.60 bits per heavy atom. The molecular weight excluding hydrogens is 388 g/mol. The molecule has 0 aliphatic heterocycles. The first-order chi connectivity index (χ1) is 12.2. The van der Waals surface area contributed by atoms with Crippen LogP contribution in [0.25, 0.3) is 22.8 Å². The van der Waals surface area contributed by atoms with Crippen molar-refractivity contribution >= 4 is 15.9 Å². The van der Waals surface area contributed by atoms with Crippen molar-refractivity contribution in [3.63, 3.8) is 0 Å². The summed E-state index contributed by atoms with van der Waals surface area (Å²) >= 11 is 3.40. The molecule has 124 valence electrons. The Hall–Kier alpha value is -3.00. The number of aromatic nitrogens is 4. The third kappa shape index (κ3) is 3.16. The summed E-state index contributed by atoms with van der Waals surface area (Å²) in [5.74, 6) is 0.494. The van der Waals surface area contributed by atoms with Gasteiger partial charge in [0.05, 0.1) is 0 Å². The minimum absolute atomic E-state index is 0.0769. The molecule has 0 saturated heterocycles. The van der Waals surface area contributed by atoms with Gasteiger partial charge in [-0.05, 0) is 18.2 Å². The Bertz CT molecular complexity index is 1070. The quantitative estimate of drug-likeness (QED) is 0.523. The van der Waals surface area contributed by atoms with Gasteiger partial charge in [0.25, 0.3) is 0 Å². The molecule has 0 fully saturated rings. The maximum atomic E-state index is 12.0. The molecule has 0 spiro atoms. The van der Waals surface area contributed by atoms with Crippen molar-refractivity contribution in [3.05, 3.63) is 75.5 Å². The molecule has 0 aliphatic carbocycles. The first-order valence-corrected chi connectivity index (χ1v) is 8.20. The number of hydrogen-bond acceptors (Lipinski definition) is 6. The highest BCUT2D eigenvalue weighted by Gasteiger charge is 2.16. The monoisotopic (exact) mass is 398 g/mol. The van der Waals surface area contributed by atoms with Gasteiger partial charge in [-0.1, -0.05) is 57.5 Å². The van der Waals surface area contributed by atoms with Crippen LogP contribution in [0, 0.1) is 0 Å². The molecule has 0 amide bonds. The van der Waals surface area contributed by atoms with E-state index in [1.54, 1.807) is 0 Å². The highest BCUT2D eigenvalue weighted by Crippen LogP contribution is 2.22.